The zero-order valence-electron chi connectivity index (χ0n) is 21.9. The van der Waals surface area contributed by atoms with Crippen LogP contribution in [-0.4, -0.2) is 64.7 Å². The molecule has 0 heterocycles. The number of hydrogen-bond acceptors (Lipinski definition) is 6. The molecule has 0 saturated carbocycles. The van der Waals surface area contributed by atoms with Gasteiger partial charge in [0, 0.05) is 19.2 Å². The molecular formula is C26H37N3O6S. The Morgan fingerprint density at radius 1 is 1.06 bits per heavy atom. The van der Waals surface area contributed by atoms with E-state index in [2.05, 4.69) is 5.32 Å². The van der Waals surface area contributed by atoms with Crippen LogP contribution in [0.2, 0.25) is 0 Å². The third-order valence-electron chi connectivity index (χ3n) is 5.87. The Hall–Kier alpha value is -3.27. The molecule has 0 aliphatic carbocycles. The Bertz CT molecular complexity index is 1150. The largest absolute Gasteiger partial charge is 0.497 e. The van der Waals surface area contributed by atoms with E-state index in [4.69, 9.17) is 9.47 Å². The van der Waals surface area contributed by atoms with Crippen molar-refractivity contribution in [2.24, 2.45) is 0 Å². The molecule has 0 aliphatic heterocycles. The number of carbonyl (C=O) groups is 2. The predicted molar refractivity (Wildman–Crippen MR) is 141 cm³/mol. The van der Waals surface area contributed by atoms with Crippen LogP contribution in [0.3, 0.4) is 0 Å². The maximum Gasteiger partial charge on any atom is 0.244 e. The van der Waals surface area contributed by atoms with Gasteiger partial charge in [0.05, 0.1) is 26.2 Å². The van der Waals surface area contributed by atoms with E-state index in [1.54, 1.807) is 12.1 Å². The first kappa shape index (κ1) is 29.0. The number of nitrogens with one attached hydrogen (secondary N) is 1. The minimum absolute atomic E-state index is 0.163. The maximum atomic E-state index is 13.8. The Kier molecular flexibility index (Phi) is 10.6. The highest BCUT2D eigenvalue weighted by molar-refractivity contribution is 7.92. The third-order valence-corrected chi connectivity index (χ3v) is 7.00. The van der Waals surface area contributed by atoms with Crippen LogP contribution < -0.4 is 19.1 Å². The van der Waals surface area contributed by atoms with E-state index in [0.29, 0.717) is 18.7 Å². The van der Waals surface area contributed by atoms with Gasteiger partial charge in [-0.15, -0.1) is 0 Å². The van der Waals surface area contributed by atoms with Crippen molar-refractivity contribution in [1.29, 1.82) is 0 Å². The van der Waals surface area contributed by atoms with Crippen LogP contribution in [-0.2, 0) is 26.2 Å². The third kappa shape index (κ3) is 7.36. The summed E-state index contributed by atoms with van der Waals surface area (Å²) >= 11 is 0. The normalized spacial score (nSPS) is 11.9. The summed E-state index contributed by atoms with van der Waals surface area (Å²) in [5.41, 5.74) is 2.01. The fourth-order valence-corrected chi connectivity index (χ4v) is 4.69. The van der Waals surface area contributed by atoms with Gasteiger partial charge in [-0.05, 0) is 43.0 Å². The first-order chi connectivity index (χ1) is 17.1. The number of methoxy groups -OCH3 is 2. The highest BCUT2D eigenvalue weighted by atomic mass is 32.2. The molecule has 0 spiro atoms. The van der Waals surface area contributed by atoms with E-state index < -0.39 is 28.5 Å². The lowest BCUT2D eigenvalue weighted by molar-refractivity contribution is -0.140. The average molecular weight is 520 g/mol. The summed E-state index contributed by atoms with van der Waals surface area (Å²) < 4.78 is 37.3. The smallest absolute Gasteiger partial charge is 0.244 e. The van der Waals surface area contributed by atoms with Crippen LogP contribution >= 0.6 is 0 Å². The molecule has 0 saturated heterocycles. The minimum Gasteiger partial charge on any atom is -0.497 e. The van der Waals surface area contributed by atoms with Crippen molar-refractivity contribution in [3.63, 3.8) is 0 Å². The van der Waals surface area contributed by atoms with Crippen LogP contribution in [0.15, 0.2) is 42.5 Å². The monoisotopic (exact) mass is 519 g/mol. The van der Waals surface area contributed by atoms with E-state index >= 15 is 0 Å². The standard InChI is InChI=1S/C26H37N3O6S/c1-7-15-27-26(31)22(8-2)28(17-20-12-10-9-11-19(20)3)25(30)18-29(36(6,32)33)23-16-21(34-4)13-14-24(23)35-5/h9-14,16,22H,7-8,15,17-18H2,1-6H3,(H,27,31)/t22-/m0/s1. The van der Waals surface area contributed by atoms with Crippen LogP contribution in [0.4, 0.5) is 5.69 Å². The van der Waals surface area contributed by atoms with Gasteiger partial charge in [-0.25, -0.2) is 8.42 Å². The number of aryl methyl sites for hydroxylation is 1. The maximum absolute atomic E-state index is 13.8. The zero-order chi connectivity index (χ0) is 26.9. The first-order valence-electron chi connectivity index (χ1n) is 11.9. The summed E-state index contributed by atoms with van der Waals surface area (Å²) in [6, 6.07) is 11.5. The van der Waals surface area contributed by atoms with Gasteiger partial charge in [0.1, 0.15) is 24.1 Å². The van der Waals surface area contributed by atoms with Gasteiger partial charge in [0.2, 0.25) is 21.8 Å². The van der Waals surface area contributed by atoms with Crippen molar-refractivity contribution in [1.82, 2.24) is 10.2 Å². The SMILES string of the molecule is CCCNC(=O)[C@H](CC)N(Cc1ccccc1C)C(=O)CN(c1cc(OC)ccc1OC)S(C)(=O)=O. The number of benzene rings is 2. The number of carbonyl (C=O) groups excluding carboxylic acids is 2. The minimum atomic E-state index is -3.90. The Balaban J connectivity index is 2.53. The van der Waals surface area contributed by atoms with Crippen molar-refractivity contribution in [2.75, 3.05) is 37.9 Å². The number of nitrogens with zero attached hydrogens (tertiary/aromatic N) is 2. The first-order valence-corrected chi connectivity index (χ1v) is 13.7. The molecule has 0 fully saturated rings. The van der Waals surface area contributed by atoms with Crippen LogP contribution in [0, 0.1) is 6.92 Å². The van der Waals surface area contributed by atoms with Crippen molar-refractivity contribution in [3.05, 3.63) is 53.6 Å². The number of rotatable bonds is 13. The summed E-state index contributed by atoms with van der Waals surface area (Å²) in [6.45, 7) is 5.84. The molecular weight excluding hydrogens is 482 g/mol. The summed E-state index contributed by atoms with van der Waals surface area (Å²) in [5.74, 6) is -0.0977. The summed E-state index contributed by atoms with van der Waals surface area (Å²) in [6.07, 6.45) is 2.15. The summed E-state index contributed by atoms with van der Waals surface area (Å²) in [4.78, 5) is 28.3. The lowest BCUT2D eigenvalue weighted by atomic mass is 10.1. The fourth-order valence-electron chi connectivity index (χ4n) is 3.84. The van der Waals surface area contributed by atoms with E-state index in [1.165, 1.54) is 25.2 Å². The van der Waals surface area contributed by atoms with E-state index in [1.807, 2.05) is 45.0 Å². The molecule has 0 aromatic heterocycles. The van der Waals surface area contributed by atoms with E-state index in [0.717, 1.165) is 28.1 Å². The highest BCUT2D eigenvalue weighted by Gasteiger charge is 2.32. The molecule has 2 aromatic carbocycles. The Morgan fingerprint density at radius 3 is 2.31 bits per heavy atom. The molecule has 1 atom stereocenters. The zero-order valence-corrected chi connectivity index (χ0v) is 22.7. The predicted octanol–water partition coefficient (Wildman–Crippen LogP) is 3.11. The molecule has 36 heavy (non-hydrogen) atoms. The van der Waals surface area contributed by atoms with Crippen molar-refractivity contribution in [2.45, 2.75) is 46.2 Å². The van der Waals surface area contributed by atoms with E-state index in [-0.39, 0.29) is 23.9 Å². The van der Waals surface area contributed by atoms with Gasteiger partial charge in [-0.3, -0.25) is 13.9 Å². The molecule has 2 amide bonds. The Labute approximate surface area is 214 Å². The van der Waals surface area contributed by atoms with Gasteiger partial charge in [0.25, 0.3) is 0 Å². The molecule has 0 unspecified atom stereocenters. The molecule has 0 aliphatic rings. The quantitative estimate of drug-likeness (QED) is 0.436. The van der Waals surface area contributed by atoms with Gasteiger partial charge in [0.15, 0.2) is 0 Å². The van der Waals surface area contributed by atoms with Gasteiger partial charge >= 0.3 is 0 Å². The fraction of sp³-hybridized carbons (Fsp3) is 0.462. The lowest BCUT2D eigenvalue weighted by Crippen LogP contribution is -2.52. The second-order valence-electron chi connectivity index (χ2n) is 8.47. The molecule has 9 nitrogen and oxygen atoms in total. The van der Waals surface area contributed by atoms with Crippen LogP contribution in [0.25, 0.3) is 0 Å². The van der Waals surface area contributed by atoms with Crippen molar-refractivity contribution < 1.29 is 27.5 Å². The number of ether oxygens (including phenoxy) is 2. The number of amides is 2. The van der Waals surface area contributed by atoms with Gasteiger partial charge < -0.3 is 19.7 Å². The second kappa shape index (κ2) is 13.2. The number of anilines is 1. The number of hydrogen-bond donors (Lipinski definition) is 1. The summed E-state index contributed by atoms with van der Waals surface area (Å²) in [7, 11) is -1.02. The molecule has 2 aromatic rings. The molecule has 10 heteroatoms. The molecule has 198 valence electrons. The van der Waals surface area contributed by atoms with Crippen molar-refractivity contribution in [3.8, 4) is 11.5 Å². The van der Waals surface area contributed by atoms with Gasteiger partial charge in [-0.2, -0.15) is 0 Å². The number of sulfonamides is 1. The Morgan fingerprint density at radius 2 is 1.75 bits per heavy atom. The van der Waals surface area contributed by atoms with Crippen LogP contribution in [0.1, 0.15) is 37.8 Å². The molecule has 2 rings (SSSR count). The van der Waals surface area contributed by atoms with Crippen molar-refractivity contribution >= 4 is 27.5 Å². The van der Waals surface area contributed by atoms with Gasteiger partial charge in [-0.1, -0.05) is 38.1 Å². The second-order valence-corrected chi connectivity index (χ2v) is 10.4. The van der Waals surface area contributed by atoms with E-state index in [9.17, 15) is 18.0 Å². The van der Waals surface area contributed by atoms with Crippen LogP contribution in [0.5, 0.6) is 11.5 Å². The lowest BCUT2D eigenvalue weighted by Gasteiger charge is -2.33. The summed E-state index contributed by atoms with van der Waals surface area (Å²) in [5, 5.41) is 2.87. The molecule has 1 N–H and O–H groups in total. The highest BCUT2D eigenvalue weighted by Crippen LogP contribution is 2.34. The topological polar surface area (TPSA) is 105 Å². The average Bonchev–Trinajstić information content (AvgIpc) is 2.85. The molecule has 0 radical (unpaired) electrons. The molecule has 0 bridgehead atoms.